The van der Waals surface area contributed by atoms with Crippen molar-refractivity contribution < 1.29 is 13.6 Å². The molecule has 0 saturated carbocycles. The van der Waals surface area contributed by atoms with Gasteiger partial charge in [-0.15, -0.1) is 0 Å². The number of oxazole rings is 1. The third kappa shape index (κ3) is 4.70. The normalized spacial score (nSPS) is 19.4. The maximum absolute atomic E-state index is 12.2. The molecule has 0 unspecified atom stereocenters. The Labute approximate surface area is 148 Å². The molecular weight excluding hydrogens is 320 g/mol. The highest BCUT2D eigenvalue weighted by molar-refractivity contribution is 5.78. The van der Waals surface area contributed by atoms with Crippen LogP contribution in [0.2, 0.25) is 0 Å². The zero-order valence-corrected chi connectivity index (χ0v) is 15.1. The van der Waals surface area contributed by atoms with Gasteiger partial charge >= 0.3 is 0 Å². The molecule has 0 aromatic carbocycles. The standard InChI is InChI=1S/C18H26N4O3/c1-13-9-19-18(25-13)12-21(3)15-6-7-22(10-15)11-17(23)20-14(2)16-5-4-8-24-16/h4-5,8-9,14-15H,6-7,10-12H2,1-3H3,(H,20,23)/t14-,15+/m0/s1. The summed E-state index contributed by atoms with van der Waals surface area (Å²) >= 11 is 0. The van der Waals surface area contributed by atoms with Crippen molar-refractivity contribution in [3.8, 4) is 0 Å². The van der Waals surface area contributed by atoms with E-state index in [2.05, 4.69) is 27.1 Å². The summed E-state index contributed by atoms with van der Waals surface area (Å²) in [5.74, 6) is 2.37. The van der Waals surface area contributed by atoms with Crippen LogP contribution in [0.25, 0.3) is 0 Å². The van der Waals surface area contributed by atoms with Gasteiger partial charge in [-0.05, 0) is 39.4 Å². The average Bonchev–Trinajstić information content (AvgIpc) is 3.28. The van der Waals surface area contributed by atoms with E-state index >= 15 is 0 Å². The summed E-state index contributed by atoms with van der Waals surface area (Å²) in [5, 5.41) is 2.98. The smallest absolute Gasteiger partial charge is 0.234 e. The number of carbonyl (C=O) groups is 1. The van der Waals surface area contributed by atoms with Crippen molar-refractivity contribution in [1.29, 1.82) is 0 Å². The average molecular weight is 346 g/mol. The summed E-state index contributed by atoms with van der Waals surface area (Å²) < 4.78 is 10.9. The summed E-state index contributed by atoms with van der Waals surface area (Å²) in [5.41, 5.74) is 0. The number of aryl methyl sites for hydroxylation is 1. The molecule has 2 atom stereocenters. The first-order valence-electron chi connectivity index (χ1n) is 8.68. The fourth-order valence-electron chi connectivity index (χ4n) is 3.23. The first-order valence-corrected chi connectivity index (χ1v) is 8.68. The SMILES string of the molecule is Cc1cnc(CN(C)[C@@H]2CCN(CC(=O)N[C@@H](C)c3ccco3)C2)o1. The number of amides is 1. The molecule has 0 bridgehead atoms. The fraction of sp³-hybridized carbons (Fsp3) is 0.556. The summed E-state index contributed by atoms with van der Waals surface area (Å²) in [6, 6.07) is 3.99. The number of nitrogens with one attached hydrogen (secondary N) is 1. The molecule has 1 N–H and O–H groups in total. The van der Waals surface area contributed by atoms with E-state index in [-0.39, 0.29) is 11.9 Å². The van der Waals surface area contributed by atoms with Gasteiger partial charge in [0.1, 0.15) is 11.5 Å². The van der Waals surface area contributed by atoms with E-state index in [0.717, 1.165) is 36.9 Å². The number of furan rings is 1. The Morgan fingerprint density at radius 2 is 2.40 bits per heavy atom. The van der Waals surface area contributed by atoms with Gasteiger partial charge in [-0.2, -0.15) is 0 Å². The van der Waals surface area contributed by atoms with Crippen LogP contribution in [0.5, 0.6) is 0 Å². The topological polar surface area (TPSA) is 74.8 Å². The minimum atomic E-state index is -0.114. The van der Waals surface area contributed by atoms with Crippen LogP contribution in [-0.4, -0.2) is 53.4 Å². The van der Waals surface area contributed by atoms with Gasteiger partial charge in [0, 0.05) is 19.1 Å². The molecule has 2 aromatic heterocycles. The van der Waals surface area contributed by atoms with Crippen molar-refractivity contribution in [3.63, 3.8) is 0 Å². The van der Waals surface area contributed by atoms with Gasteiger partial charge in [0.15, 0.2) is 0 Å². The van der Waals surface area contributed by atoms with Crippen LogP contribution in [0, 0.1) is 6.92 Å². The van der Waals surface area contributed by atoms with Crippen LogP contribution in [0.4, 0.5) is 0 Å². The van der Waals surface area contributed by atoms with Crippen molar-refractivity contribution in [2.75, 3.05) is 26.7 Å². The number of aromatic nitrogens is 1. The first-order chi connectivity index (χ1) is 12.0. The van der Waals surface area contributed by atoms with E-state index in [1.807, 2.05) is 26.0 Å². The Hall–Kier alpha value is -2.12. The van der Waals surface area contributed by atoms with E-state index in [4.69, 9.17) is 8.83 Å². The minimum absolute atomic E-state index is 0.0236. The van der Waals surface area contributed by atoms with Crippen molar-refractivity contribution in [3.05, 3.63) is 42.0 Å². The molecule has 1 amide bonds. The lowest BCUT2D eigenvalue weighted by Gasteiger charge is -2.23. The second-order valence-corrected chi connectivity index (χ2v) is 6.76. The van der Waals surface area contributed by atoms with Crippen molar-refractivity contribution in [2.45, 2.75) is 38.9 Å². The van der Waals surface area contributed by atoms with Crippen LogP contribution >= 0.6 is 0 Å². The summed E-state index contributed by atoms with van der Waals surface area (Å²) in [4.78, 5) is 20.9. The molecule has 7 nitrogen and oxygen atoms in total. The number of likely N-dealkylation sites (N-methyl/N-ethyl adjacent to an activating group) is 1. The lowest BCUT2D eigenvalue weighted by atomic mass is 10.2. The maximum Gasteiger partial charge on any atom is 0.234 e. The van der Waals surface area contributed by atoms with Gasteiger partial charge in [0.25, 0.3) is 0 Å². The molecule has 2 aromatic rings. The van der Waals surface area contributed by atoms with Crippen LogP contribution in [0.3, 0.4) is 0 Å². The van der Waals surface area contributed by atoms with E-state index in [1.54, 1.807) is 12.5 Å². The molecule has 7 heteroatoms. The zero-order chi connectivity index (χ0) is 17.8. The number of rotatable bonds is 7. The minimum Gasteiger partial charge on any atom is -0.467 e. The van der Waals surface area contributed by atoms with Crippen LogP contribution < -0.4 is 5.32 Å². The number of nitrogens with zero attached hydrogens (tertiary/aromatic N) is 3. The van der Waals surface area contributed by atoms with Crippen LogP contribution in [0.15, 0.2) is 33.4 Å². The Bertz CT molecular complexity index is 682. The third-order valence-corrected chi connectivity index (χ3v) is 4.64. The van der Waals surface area contributed by atoms with Gasteiger partial charge in [-0.1, -0.05) is 0 Å². The second-order valence-electron chi connectivity index (χ2n) is 6.76. The third-order valence-electron chi connectivity index (χ3n) is 4.64. The molecule has 0 radical (unpaired) electrons. The van der Waals surface area contributed by atoms with Gasteiger partial charge in [-0.25, -0.2) is 4.98 Å². The molecule has 136 valence electrons. The lowest BCUT2D eigenvalue weighted by molar-refractivity contribution is -0.122. The van der Waals surface area contributed by atoms with Crippen LogP contribution in [-0.2, 0) is 11.3 Å². The molecule has 1 aliphatic rings. The molecular formula is C18H26N4O3. The molecule has 3 heterocycles. The van der Waals surface area contributed by atoms with E-state index in [9.17, 15) is 4.79 Å². The van der Waals surface area contributed by atoms with E-state index < -0.39 is 0 Å². The number of hydrogen-bond acceptors (Lipinski definition) is 6. The summed E-state index contributed by atoms with van der Waals surface area (Å²) in [6.07, 6.45) is 4.40. The largest absolute Gasteiger partial charge is 0.467 e. The summed E-state index contributed by atoms with van der Waals surface area (Å²) in [7, 11) is 2.08. The second kappa shape index (κ2) is 7.84. The first kappa shape index (κ1) is 17.7. The molecule has 1 aliphatic heterocycles. The van der Waals surface area contributed by atoms with Gasteiger partial charge < -0.3 is 14.2 Å². The van der Waals surface area contributed by atoms with E-state index in [1.165, 1.54) is 0 Å². The molecule has 0 spiro atoms. The number of likely N-dealkylation sites (tertiary alicyclic amines) is 1. The quantitative estimate of drug-likeness (QED) is 0.826. The fourth-order valence-corrected chi connectivity index (χ4v) is 3.23. The Kier molecular flexibility index (Phi) is 5.55. The number of hydrogen-bond donors (Lipinski definition) is 1. The van der Waals surface area contributed by atoms with Crippen LogP contribution in [0.1, 0.15) is 36.8 Å². The Balaban J connectivity index is 1.43. The van der Waals surface area contributed by atoms with Crippen molar-refractivity contribution in [2.24, 2.45) is 0 Å². The summed E-state index contributed by atoms with van der Waals surface area (Å²) in [6.45, 7) is 6.72. The lowest BCUT2D eigenvalue weighted by Crippen LogP contribution is -2.39. The predicted molar refractivity (Wildman–Crippen MR) is 92.8 cm³/mol. The predicted octanol–water partition coefficient (Wildman–Crippen LogP) is 1.96. The van der Waals surface area contributed by atoms with Crippen molar-refractivity contribution >= 4 is 5.91 Å². The highest BCUT2D eigenvalue weighted by Crippen LogP contribution is 2.17. The molecule has 25 heavy (non-hydrogen) atoms. The monoisotopic (exact) mass is 346 g/mol. The highest BCUT2D eigenvalue weighted by Gasteiger charge is 2.28. The molecule has 1 fully saturated rings. The van der Waals surface area contributed by atoms with Gasteiger partial charge in [-0.3, -0.25) is 14.6 Å². The Morgan fingerprint density at radius 1 is 1.56 bits per heavy atom. The molecule has 0 aliphatic carbocycles. The molecule has 1 saturated heterocycles. The highest BCUT2D eigenvalue weighted by atomic mass is 16.4. The Morgan fingerprint density at radius 3 is 3.08 bits per heavy atom. The van der Waals surface area contributed by atoms with E-state index in [0.29, 0.717) is 19.1 Å². The van der Waals surface area contributed by atoms with Gasteiger partial charge in [0.05, 0.1) is 31.6 Å². The van der Waals surface area contributed by atoms with Crippen molar-refractivity contribution in [1.82, 2.24) is 20.1 Å². The maximum atomic E-state index is 12.2. The van der Waals surface area contributed by atoms with Gasteiger partial charge in [0.2, 0.25) is 11.8 Å². The number of carbonyl (C=O) groups excluding carboxylic acids is 1. The molecule has 3 rings (SSSR count). The zero-order valence-electron chi connectivity index (χ0n) is 15.1.